The minimum absolute atomic E-state index is 0.00861. The lowest BCUT2D eigenvalue weighted by molar-refractivity contribution is 0.0926. The fourth-order valence-corrected chi connectivity index (χ4v) is 2.08. The highest BCUT2D eigenvalue weighted by molar-refractivity contribution is 5.92. The molecule has 104 valence electrons. The van der Waals surface area contributed by atoms with Crippen molar-refractivity contribution in [1.29, 1.82) is 0 Å². The van der Waals surface area contributed by atoms with Crippen molar-refractivity contribution in [2.75, 3.05) is 0 Å². The van der Waals surface area contributed by atoms with Crippen LogP contribution in [0.25, 0.3) is 0 Å². The largest absolute Gasteiger partial charge is 0.344 e. The summed E-state index contributed by atoms with van der Waals surface area (Å²) in [5.41, 5.74) is 1.45. The van der Waals surface area contributed by atoms with E-state index in [-0.39, 0.29) is 11.9 Å². The SMILES string of the molecule is CC(C)C[C@H](NC(=O)c1cnccn1)c1ccccc1. The molecule has 0 saturated heterocycles. The first-order chi connectivity index (χ1) is 9.66. The summed E-state index contributed by atoms with van der Waals surface area (Å²) in [5, 5.41) is 3.04. The van der Waals surface area contributed by atoms with E-state index in [4.69, 9.17) is 0 Å². The fraction of sp³-hybridized carbons (Fsp3) is 0.312. The lowest BCUT2D eigenvalue weighted by atomic mass is 9.97. The zero-order valence-electron chi connectivity index (χ0n) is 11.8. The smallest absolute Gasteiger partial charge is 0.271 e. The monoisotopic (exact) mass is 269 g/mol. The van der Waals surface area contributed by atoms with Gasteiger partial charge in [-0.15, -0.1) is 0 Å². The molecule has 0 radical (unpaired) electrons. The maximum absolute atomic E-state index is 12.2. The standard InChI is InChI=1S/C16H19N3O/c1-12(2)10-14(13-6-4-3-5-7-13)19-16(20)15-11-17-8-9-18-15/h3-9,11-12,14H,10H2,1-2H3,(H,19,20)/t14-/m0/s1. The number of carbonyl (C=O) groups is 1. The molecule has 1 aromatic heterocycles. The summed E-state index contributed by atoms with van der Waals surface area (Å²) in [6.07, 6.45) is 5.44. The number of hydrogen-bond acceptors (Lipinski definition) is 3. The summed E-state index contributed by atoms with van der Waals surface area (Å²) >= 11 is 0. The van der Waals surface area contributed by atoms with Gasteiger partial charge in [0.1, 0.15) is 5.69 Å². The van der Waals surface area contributed by atoms with Gasteiger partial charge in [0, 0.05) is 12.4 Å². The molecule has 0 aliphatic heterocycles. The van der Waals surface area contributed by atoms with Crippen molar-refractivity contribution in [2.24, 2.45) is 5.92 Å². The molecule has 1 N–H and O–H groups in total. The summed E-state index contributed by atoms with van der Waals surface area (Å²) in [6.45, 7) is 4.29. The third kappa shape index (κ3) is 3.88. The van der Waals surface area contributed by atoms with E-state index >= 15 is 0 Å². The van der Waals surface area contributed by atoms with E-state index in [9.17, 15) is 4.79 Å². The van der Waals surface area contributed by atoms with Crippen LogP contribution < -0.4 is 5.32 Å². The van der Waals surface area contributed by atoms with E-state index in [1.54, 1.807) is 6.20 Å². The van der Waals surface area contributed by atoms with Crippen molar-refractivity contribution in [3.05, 3.63) is 60.2 Å². The molecular formula is C16H19N3O. The van der Waals surface area contributed by atoms with Crippen LogP contribution in [0.4, 0.5) is 0 Å². The Balaban J connectivity index is 2.14. The Morgan fingerprint density at radius 3 is 2.55 bits per heavy atom. The Morgan fingerprint density at radius 1 is 1.20 bits per heavy atom. The molecule has 1 aromatic carbocycles. The Labute approximate surface area is 119 Å². The van der Waals surface area contributed by atoms with E-state index < -0.39 is 0 Å². The molecule has 1 amide bonds. The second kappa shape index (κ2) is 6.80. The van der Waals surface area contributed by atoms with Crippen LogP contribution >= 0.6 is 0 Å². The first-order valence-electron chi connectivity index (χ1n) is 6.78. The van der Waals surface area contributed by atoms with Gasteiger partial charge in [0.05, 0.1) is 12.2 Å². The van der Waals surface area contributed by atoms with Crippen LogP contribution in [0, 0.1) is 5.92 Å². The Bertz CT molecular complexity index is 540. The van der Waals surface area contributed by atoms with Crippen molar-refractivity contribution < 1.29 is 4.79 Å². The Hall–Kier alpha value is -2.23. The second-order valence-electron chi connectivity index (χ2n) is 5.16. The predicted molar refractivity (Wildman–Crippen MR) is 78.1 cm³/mol. The lowest BCUT2D eigenvalue weighted by Gasteiger charge is -2.20. The fourth-order valence-electron chi connectivity index (χ4n) is 2.08. The number of nitrogens with one attached hydrogen (secondary N) is 1. The van der Waals surface area contributed by atoms with Gasteiger partial charge in [-0.3, -0.25) is 9.78 Å². The molecule has 4 heteroatoms. The quantitative estimate of drug-likeness (QED) is 0.907. The highest BCUT2D eigenvalue weighted by Gasteiger charge is 2.17. The van der Waals surface area contributed by atoms with Crippen LogP contribution in [0.3, 0.4) is 0 Å². The summed E-state index contributed by atoms with van der Waals surface area (Å²) in [7, 11) is 0. The minimum Gasteiger partial charge on any atom is -0.344 e. The molecule has 0 unspecified atom stereocenters. The predicted octanol–water partition coefficient (Wildman–Crippen LogP) is 2.99. The van der Waals surface area contributed by atoms with Crippen molar-refractivity contribution in [2.45, 2.75) is 26.3 Å². The molecule has 2 rings (SSSR count). The van der Waals surface area contributed by atoms with E-state index in [1.165, 1.54) is 12.4 Å². The summed E-state index contributed by atoms with van der Waals surface area (Å²) in [6, 6.07) is 9.99. The number of rotatable bonds is 5. The maximum atomic E-state index is 12.2. The minimum atomic E-state index is -0.187. The van der Waals surface area contributed by atoms with Gasteiger partial charge in [-0.05, 0) is 17.9 Å². The van der Waals surface area contributed by atoms with E-state index in [0.717, 1.165) is 12.0 Å². The lowest BCUT2D eigenvalue weighted by Crippen LogP contribution is -2.30. The van der Waals surface area contributed by atoms with Gasteiger partial charge in [-0.25, -0.2) is 4.98 Å². The topological polar surface area (TPSA) is 54.9 Å². The average Bonchev–Trinajstić information content (AvgIpc) is 2.48. The van der Waals surface area contributed by atoms with Crippen molar-refractivity contribution >= 4 is 5.91 Å². The highest BCUT2D eigenvalue weighted by Crippen LogP contribution is 2.21. The summed E-state index contributed by atoms with van der Waals surface area (Å²) in [5.74, 6) is 0.301. The summed E-state index contributed by atoms with van der Waals surface area (Å²) < 4.78 is 0. The number of carbonyl (C=O) groups excluding carboxylic acids is 1. The zero-order chi connectivity index (χ0) is 14.4. The van der Waals surface area contributed by atoms with Crippen LogP contribution in [-0.2, 0) is 0 Å². The van der Waals surface area contributed by atoms with Crippen LogP contribution in [0.1, 0.15) is 42.4 Å². The molecule has 0 bridgehead atoms. The van der Waals surface area contributed by atoms with Gasteiger partial charge in [0.25, 0.3) is 5.91 Å². The molecule has 2 aromatic rings. The molecule has 0 fully saturated rings. The molecule has 20 heavy (non-hydrogen) atoms. The van der Waals surface area contributed by atoms with Crippen LogP contribution in [0.2, 0.25) is 0 Å². The molecular weight excluding hydrogens is 250 g/mol. The number of benzene rings is 1. The van der Waals surface area contributed by atoms with Gasteiger partial charge in [-0.1, -0.05) is 44.2 Å². The van der Waals surface area contributed by atoms with Crippen molar-refractivity contribution in [3.63, 3.8) is 0 Å². The molecule has 0 aliphatic rings. The van der Waals surface area contributed by atoms with Crippen molar-refractivity contribution in [3.8, 4) is 0 Å². The Morgan fingerprint density at radius 2 is 1.95 bits per heavy atom. The number of hydrogen-bond donors (Lipinski definition) is 1. The Kier molecular flexibility index (Phi) is 4.82. The second-order valence-corrected chi connectivity index (χ2v) is 5.16. The van der Waals surface area contributed by atoms with Crippen LogP contribution in [0.15, 0.2) is 48.9 Å². The van der Waals surface area contributed by atoms with E-state index in [1.807, 2.05) is 30.3 Å². The van der Waals surface area contributed by atoms with Gasteiger partial charge in [0.15, 0.2) is 0 Å². The molecule has 0 saturated carbocycles. The van der Waals surface area contributed by atoms with Gasteiger partial charge >= 0.3 is 0 Å². The molecule has 0 aliphatic carbocycles. The highest BCUT2D eigenvalue weighted by atomic mass is 16.1. The first-order valence-corrected chi connectivity index (χ1v) is 6.78. The van der Waals surface area contributed by atoms with E-state index in [0.29, 0.717) is 11.6 Å². The summed E-state index contributed by atoms with van der Waals surface area (Å²) in [4.78, 5) is 20.1. The van der Waals surface area contributed by atoms with Gasteiger partial charge < -0.3 is 5.32 Å². The zero-order valence-corrected chi connectivity index (χ0v) is 11.8. The molecule has 1 heterocycles. The third-order valence-electron chi connectivity index (χ3n) is 3.01. The van der Waals surface area contributed by atoms with Crippen LogP contribution in [-0.4, -0.2) is 15.9 Å². The number of amides is 1. The molecule has 0 spiro atoms. The third-order valence-corrected chi connectivity index (χ3v) is 3.01. The van der Waals surface area contributed by atoms with Gasteiger partial charge in [-0.2, -0.15) is 0 Å². The first kappa shape index (κ1) is 14.2. The normalized spacial score (nSPS) is 12.2. The van der Waals surface area contributed by atoms with Crippen LogP contribution in [0.5, 0.6) is 0 Å². The maximum Gasteiger partial charge on any atom is 0.271 e. The average molecular weight is 269 g/mol. The van der Waals surface area contributed by atoms with Crippen molar-refractivity contribution in [1.82, 2.24) is 15.3 Å². The molecule has 1 atom stereocenters. The van der Waals surface area contributed by atoms with Gasteiger partial charge in [0.2, 0.25) is 0 Å². The van der Waals surface area contributed by atoms with E-state index in [2.05, 4.69) is 29.1 Å². The molecule has 4 nitrogen and oxygen atoms in total. The number of aromatic nitrogens is 2. The number of nitrogens with zero attached hydrogens (tertiary/aromatic N) is 2.